The molecule has 184 valence electrons. The molecule has 10 nitrogen and oxygen atoms in total. The second kappa shape index (κ2) is 10.8. The molecule has 0 fully saturated rings. The van der Waals surface area contributed by atoms with E-state index in [1.807, 2.05) is 29.7 Å². The fraction of sp³-hybridized carbons (Fsp3) is 0.280. The quantitative estimate of drug-likeness (QED) is 0.243. The van der Waals surface area contributed by atoms with Gasteiger partial charge in [-0.1, -0.05) is 48.5 Å². The number of fused-ring (bicyclic) bond motifs is 1. The minimum Gasteiger partial charge on any atom is -0.443 e. The van der Waals surface area contributed by atoms with Crippen LogP contribution < -0.4 is 16.6 Å². The van der Waals surface area contributed by atoms with Crippen molar-refractivity contribution >= 4 is 34.8 Å². The molecule has 5 amide bonds. The van der Waals surface area contributed by atoms with Crippen molar-refractivity contribution in [2.75, 3.05) is 0 Å². The lowest BCUT2D eigenvalue weighted by atomic mass is 10.0. The lowest BCUT2D eigenvalue weighted by molar-refractivity contribution is -0.144. The number of amides is 5. The van der Waals surface area contributed by atoms with Gasteiger partial charge in [0.05, 0.1) is 6.42 Å². The van der Waals surface area contributed by atoms with Crippen molar-refractivity contribution in [3.63, 3.8) is 0 Å². The summed E-state index contributed by atoms with van der Waals surface area (Å²) in [4.78, 5) is 55.5. The number of benzene rings is 2. The van der Waals surface area contributed by atoms with E-state index in [-0.39, 0.29) is 12.8 Å². The molecule has 0 spiro atoms. The van der Waals surface area contributed by atoms with Crippen molar-refractivity contribution in [1.29, 1.82) is 0 Å². The molecule has 0 aliphatic rings. The Hall–Kier alpha value is -4.18. The Morgan fingerprint density at radius 1 is 1.03 bits per heavy atom. The zero-order valence-corrected chi connectivity index (χ0v) is 19.8. The van der Waals surface area contributed by atoms with Gasteiger partial charge in [-0.25, -0.2) is 15.4 Å². The smallest absolute Gasteiger partial charge is 0.424 e. The number of rotatable bonds is 6. The van der Waals surface area contributed by atoms with E-state index in [0.29, 0.717) is 16.0 Å². The third-order valence-corrected chi connectivity index (χ3v) is 5.08. The van der Waals surface area contributed by atoms with E-state index in [1.165, 1.54) is 0 Å². The first-order valence-electron chi connectivity index (χ1n) is 11.0. The zero-order valence-electron chi connectivity index (χ0n) is 19.8. The molecule has 1 atom stereocenters. The second-order valence-electron chi connectivity index (χ2n) is 8.94. The van der Waals surface area contributed by atoms with Gasteiger partial charge in [0.1, 0.15) is 11.6 Å². The van der Waals surface area contributed by atoms with Crippen molar-refractivity contribution in [1.82, 2.24) is 20.6 Å². The summed E-state index contributed by atoms with van der Waals surface area (Å²) in [5.74, 6) is 3.49. The molecule has 0 saturated carbocycles. The molecule has 0 aliphatic heterocycles. The highest BCUT2D eigenvalue weighted by molar-refractivity contribution is 6.11. The van der Waals surface area contributed by atoms with Crippen LogP contribution in [0, 0.1) is 0 Å². The van der Waals surface area contributed by atoms with Crippen LogP contribution in [0.4, 0.5) is 9.59 Å². The van der Waals surface area contributed by atoms with Crippen LogP contribution in [-0.4, -0.2) is 45.5 Å². The molecule has 3 aromatic rings. The van der Waals surface area contributed by atoms with Crippen molar-refractivity contribution < 1.29 is 23.9 Å². The Morgan fingerprint density at radius 3 is 2.34 bits per heavy atom. The number of nitrogens with one attached hydrogen (secondary N) is 3. The molecule has 0 saturated heterocycles. The zero-order chi connectivity index (χ0) is 25.6. The number of ether oxygens (including phenoxy) is 1. The first-order valence-corrected chi connectivity index (χ1v) is 11.0. The van der Waals surface area contributed by atoms with Crippen LogP contribution in [0.3, 0.4) is 0 Å². The highest BCUT2D eigenvalue weighted by atomic mass is 16.6. The Morgan fingerprint density at radius 2 is 1.69 bits per heavy atom. The number of H-pyrrole nitrogens is 1. The van der Waals surface area contributed by atoms with E-state index in [2.05, 4.69) is 10.3 Å². The topological polar surface area (TPSA) is 147 Å². The van der Waals surface area contributed by atoms with Gasteiger partial charge in [0.25, 0.3) is 5.91 Å². The fourth-order valence-electron chi connectivity index (χ4n) is 3.55. The molecular weight excluding hydrogens is 450 g/mol. The molecule has 5 N–H and O–H groups in total. The van der Waals surface area contributed by atoms with Crippen LogP contribution in [0.5, 0.6) is 0 Å². The average Bonchev–Trinajstić information content (AvgIpc) is 3.21. The Balaban J connectivity index is 1.96. The van der Waals surface area contributed by atoms with Gasteiger partial charge >= 0.3 is 12.1 Å². The van der Waals surface area contributed by atoms with Crippen molar-refractivity contribution in [2.45, 2.75) is 45.3 Å². The predicted octanol–water partition coefficient (Wildman–Crippen LogP) is 2.78. The van der Waals surface area contributed by atoms with E-state index in [4.69, 9.17) is 10.6 Å². The summed E-state index contributed by atoms with van der Waals surface area (Å²) >= 11 is 0. The first kappa shape index (κ1) is 25.4. The fourth-order valence-corrected chi connectivity index (χ4v) is 3.55. The molecule has 3 rings (SSSR count). The molecule has 35 heavy (non-hydrogen) atoms. The van der Waals surface area contributed by atoms with Gasteiger partial charge in [-0.2, -0.15) is 4.90 Å². The van der Waals surface area contributed by atoms with Gasteiger partial charge in [0, 0.05) is 23.5 Å². The molecule has 0 aliphatic carbocycles. The lowest BCUT2D eigenvalue weighted by Crippen LogP contribution is -2.57. The van der Waals surface area contributed by atoms with Gasteiger partial charge in [0.15, 0.2) is 0 Å². The number of hydrogen-bond donors (Lipinski definition) is 4. The Kier molecular flexibility index (Phi) is 7.87. The molecule has 10 heteroatoms. The second-order valence-corrected chi connectivity index (χ2v) is 8.94. The first-order chi connectivity index (χ1) is 16.6. The Bertz CT molecular complexity index is 1220. The lowest BCUT2D eigenvalue weighted by Gasteiger charge is -2.28. The van der Waals surface area contributed by atoms with E-state index in [0.717, 1.165) is 10.9 Å². The summed E-state index contributed by atoms with van der Waals surface area (Å²) in [7, 11) is 0. The van der Waals surface area contributed by atoms with E-state index >= 15 is 0 Å². The SMILES string of the molecule is CC(C)(C)OC(=O)N(C(=O)Cc1ccccc1)C(=O)[C@@H](Cc1c[nH]c2ccccc12)NC(=O)NN. The maximum Gasteiger partial charge on any atom is 0.424 e. The summed E-state index contributed by atoms with van der Waals surface area (Å²) in [5.41, 5.74) is 3.10. The van der Waals surface area contributed by atoms with Gasteiger partial charge in [0.2, 0.25) is 5.91 Å². The van der Waals surface area contributed by atoms with Crippen LogP contribution in [0.1, 0.15) is 31.9 Å². The molecule has 0 unspecified atom stereocenters. The third-order valence-electron chi connectivity index (χ3n) is 5.08. The van der Waals surface area contributed by atoms with Gasteiger partial charge in [-0.15, -0.1) is 0 Å². The van der Waals surface area contributed by atoms with Crippen molar-refractivity contribution in [3.8, 4) is 0 Å². The number of hydrogen-bond acceptors (Lipinski definition) is 6. The number of aromatic amines is 1. The standard InChI is InChI=1S/C25H29N5O5/c1-25(2,3)35-24(34)30(21(31)13-16-9-5-4-6-10-16)22(32)20(28-23(33)29-26)14-17-15-27-19-12-8-7-11-18(17)19/h4-12,15,20,27H,13-14,26H2,1-3H3,(H2,28,29,33)/t20-/m1/s1. The number of carbonyl (C=O) groups is 4. The molecule has 0 bridgehead atoms. The summed E-state index contributed by atoms with van der Waals surface area (Å²) in [6.45, 7) is 4.87. The number of urea groups is 1. The van der Waals surface area contributed by atoms with Crippen LogP contribution in [0.25, 0.3) is 10.9 Å². The predicted molar refractivity (Wildman–Crippen MR) is 130 cm³/mol. The summed E-state index contributed by atoms with van der Waals surface area (Å²) in [6, 6.07) is 14.0. The maximum absolute atomic E-state index is 13.6. The summed E-state index contributed by atoms with van der Waals surface area (Å²) in [6.07, 6.45) is 0.363. The van der Waals surface area contributed by atoms with E-state index in [9.17, 15) is 19.2 Å². The Labute approximate surface area is 202 Å². The van der Waals surface area contributed by atoms with E-state index in [1.54, 1.807) is 57.3 Å². The number of para-hydroxylation sites is 1. The van der Waals surface area contributed by atoms with Gasteiger partial charge < -0.3 is 15.0 Å². The van der Waals surface area contributed by atoms with E-state index < -0.39 is 35.6 Å². The number of imide groups is 3. The minimum atomic E-state index is -1.29. The van der Waals surface area contributed by atoms with Crippen LogP contribution >= 0.6 is 0 Å². The minimum absolute atomic E-state index is 0.00577. The third kappa shape index (κ3) is 6.67. The van der Waals surface area contributed by atoms with Crippen molar-refractivity contribution in [3.05, 3.63) is 71.9 Å². The summed E-state index contributed by atoms with van der Waals surface area (Å²) < 4.78 is 5.35. The van der Waals surface area contributed by atoms with Gasteiger partial charge in [-0.05, 0) is 38.0 Å². The van der Waals surface area contributed by atoms with Gasteiger partial charge in [-0.3, -0.25) is 15.0 Å². The van der Waals surface area contributed by atoms with Crippen molar-refractivity contribution in [2.24, 2.45) is 5.84 Å². The largest absolute Gasteiger partial charge is 0.443 e. The number of nitrogens with two attached hydrogens (primary N) is 1. The monoisotopic (exact) mass is 479 g/mol. The molecule has 2 aromatic carbocycles. The molecular formula is C25H29N5O5. The van der Waals surface area contributed by atoms with Crippen LogP contribution in [0.15, 0.2) is 60.8 Å². The highest BCUT2D eigenvalue weighted by Gasteiger charge is 2.37. The summed E-state index contributed by atoms with van der Waals surface area (Å²) in [5, 5.41) is 3.28. The van der Waals surface area contributed by atoms with Crippen LogP contribution in [-0.2, 0) is 27.2 Å². The van der Waals surface area contributed by atoms with Crippen LogP contribution in [0.2, 0.25) is 0 Å². The normalized spacial score (nSPS) is 12.0. The molecule has 1 aromatic heterocycles. The number of aromatic nitrogens is 1. The number of nitrogens with zero attached hydrogens (tertiary/aromatic N) is 1. The molecule has 0 radical (unpaired) electrons. The number of hydrazine groups is 1. The molecule has 1 heterocycles. The maximum atomic E-state index is 13.6. The number of carbonyl (C=O) groups excluding carboxylic acids is 4. The average molecular weight is 480 g/mol. The highest BCUT2D eigenvalue weighted by Crippen LogP contribution is 2.21.